The third-order valence-corrected chi connectivity index (χ3v) is 6.15. The molecule has 6 nitrogen and oxygen atoms in total. The van der Waals surface area contributed by atoms with Gasteiger partial charge in [0.25, 0.3) is 5.91 Å². The summed E-state index contributed by atoms with van der Waals surface area (Å²) in [5.74, 6) is 0.554. The number of nitrogens with zero attached hydrogens (tertiary/aromatic N) is 1. The van der Waals surface area contributed by atoms with Crippen LogP contribution in [0.15, 0.2) is 17.0 Å². The Morgan fingerprint density at radius 1 is 1.36 bits per heavy atom. The molecule has 1 amide bonds. The number of rotatable bonds is 2. The van der Waals surface area contributed by atoms with Crippen LogP contribution in [0.1, 0.15) is 25.3 Å². The molecule has 0 bridgehead atoms. The fourth-order valence-corrected chi connectivity index (χ4v) is 4.82. The summed E-state index contributed by atoms with van der Waals surface area (Å²) in [6.07, 6.45) is 1.95. The number of sulfonamides is 1. The Kier molecular flexibility index (Phi) is 3.86. The molecule has 7 heteroatoms. The maximum Gasteiger partial charge on any atom is 0.262 e. The van der Waals surface area contributed by atoms with Crippen LogP contribution in [-0.2, 0) is 14.8 Å². The second-order valence-corrected chi connectivity index (χ2v) is 7.97. The van der Waals surface area contributed by atoms with Crippen molar-refractivity contribution in [3.63, 3.8) is 0 Å². The monoisotopic (exact) mass is 324 g/mol. The zero-order valence-corrected chi connectivity index (χ0v) is 13.6. The average molecular weight is 324 g/mol. The maximum absolute atomic E-state index is 12.9. The number of fused-ring (bicyclic) bond motifs is 1. The van der Waals surface area contributed by atoms with Crippen LogP contribution in [0.4, 0.5) is 5.69 Å². The van der Waals surface area contributed by atoms with Gasteiger partial charge < -0.3 is 10.1 Å². The van der Waals surface area contributed by atoms with Crippen LogP contribution in [0.25, 0.3) is 0 Å². The minimum Gasteiger partial charge on any atom is -0.482 e. The molecule has 1 aromatic carbocycles. The molecule has 0 unspecified atom stereocenters. The fourth-order valence-electron chi connectivity index (χ4n) is 3.00. The standard InChI is InChI=1S/C15H20N2O4S/c1-10-4-3-5-17(8-10)22(19,20)14-7-13-12(6-11(14)2)16-15(18)9-21-13/h6-7,10H,3-5,8-9H2,1-2H3,(H,16,18)/t10-/m1/s1. The van der Waals surface area contributed by atoms with E-state index < -0.39 is 10.0 Å². The summed E-state index contributed by atoms with van der Waals surface area (Å²) >= 11 is 0. The number of carbonyl (C=O) groups excluding carboxylic acids is 1. The number of ether oxygens (including phenoxy) is 1. The van der Waals surface area contributed by atoms with Crippen LogP contribution >= 0.6 is 0 Å². The highest BCUT2D eigenvalue weighted by Crippen LogP contribution is 2.34. The molecule has 0 aliphatic carbocycles. The Labute approximate surface area is 130 Å². The lowest BCUT2D eigenvalue weighted by Gasteiger charge is -2.31. The Bertz CT molecular complexity index is 714. The summed E-state index contributed by atoms with van der Waals surface area (Å²) in [4.78, 5) is 11.6. The quantitative estimate of drug-likeness (QED) is 0.899. The zero-order chi connectivity index (χ0) is 15.9. The van der Waals surface area contributed by atoms with Gasteiger partial charge >= 0.3 is 0 Å². The largest absolute Gasteiger partial charge is 0.482 e. The number of benzene rings is 1. The molecule has 1 N–H and O–H groups in total. The van der Waals surface area contributed by atoms with Crippen molar-refractivity contribution in [1.29, 1.82) is 0 Å². The maximum atomic E-state index is 12.9. The van der Waals surface area contributed by atoms with Gasteiger partial charge in [0.1, 0.15) is 5.75 Å². The molecule has 0 spiro atoms. The van der Waals surface area contributed by atoms with Gasteiger partial charge in [0.05, 0.1) is 10.6 Å². The molecule has 0 saturated carbocycles. The van der Waals surface area contributed by atoms with Gasteiger partial charge in [-0.05, 0) is 37.3 Å². The van der Waals surface area contributed by atoms with Crippen LogP contribution in [0.5, 0.6) is 5.75 Å². The topological polar surface area (TPSA) is 75.7 Å². The molecular formula is C15H20N2O4S. The zero-order valence-electron chi connectivity index (χ0n) is 12.8. The van der Waals surface area contributed by atoms with Gasteiger partial charge in [-0.15, -0.1) is 0 Å². The Morgan fingerprint density at radius 3 is 2.86 bits per heavy atom. The first-order chi connectivity index (χ1) is 10.4. The smallest absolute Gasteiger partial charge is 0.262 e. The van der Waals surface area contributed by atoms with Crippen molar-refractivity contribution in [2.45, 2.75) is 31.6 Å². The molecule has 1 saturated heterocycles. The molecule has 2 heterocycles. The molecule has 1 aromatic rings. The SMILES string of the molecule is Cc1cc2c(cc1S(=O)(=O)N1CCC[C@@H](C)C1)OCC(=O)N2. The van der Waals surface area contributed by atoms with E-state index in [1.807, 2.05) is 0 Å². The van der Waals surface area contributed by atoms with Crippen LogP contribution in [0.2, 0.25) is 0 Å². The second-order valence-electron chi connectivity index (χ2n) is 6.06. The molecule has 22 heavy (non-hydrogen) atoms. The summed E-state index contributed by atoms with van der Waals surface area (Å²) in [7, 11) is -3.53. The van der Waals surface area contributed by atoms with E-state index in [4.69, 9.17) is 4.74 Å². The predicted molar refractivity (Wildman–Crippen MR) is 82.5 cm³/mol. The molecule has 3 rings (SSSR count). The summed E-state index contributed by atoms with van der Waals surface area (Å²) in [5.41, 5.74) is 1.14. The van der Waals surface area contributed by atoms with Crippen LogP contribution in [0.3, 0.4) is 0 Å². The number of anilines is 1. The first-order valence-electron chi connectivity index (χ1n) is 7.45. The number of hydrogen-bond acceptors (Lipinski definition) is 4. The molecule has 2 aliphatic rings. The second kappa shape index (κ2) is 5.55. The summed E-state index contributed by atoms with van der Waals surface area (Å²) < 4.78 is 32.7. The van der Waals surface area contributed by atoms with Crippen molar-refractivity contribution in [3.05, 3.63) is 17.7 Å². The Hall–Kier alpha value is -1.60. The lowest BCUT2D eigenvalue weighted by atomic mass is 10.0. The number of piperidine rings is 1. The van der Waals surface area contributed by atoms with E-state index in [1.165, 1.54) is 6.07 Å². The number of aryl methyl sites for hydroxylation is 1. The predicted octanol–water partition coefficient (Wildman–Crippen LogP) is 1.75. The lowest BCUT2D eigenvalue weighted by molar-refractivity contribution is -0.118. The number of hydrogen-bond donors (Lipinski definition) is 1. The minimum absolute atomic E-state index is 0.0870. The van der Waals surface area contributed by atoms with E-state index in [1.54, 1.807) is 17.3 Å². The van der Waals surface area contributed by atoms with Gasteiger partial charge in [-0.1, -0.05) is 6.92 Å². The number of amides is 1. The number of nitrogens with one attached hydrogen (secondary N) is 1. The van der Waals surface area contributed by atoms with Gasteiger partial charge in [0.2, 0.25) is 10.0 Å². The van der Waals surface area contributed by atoms with Crippen molar-refractivity contribution in [3.8, 4) is 5.75 Å². The fraction of sp³-hybridized carbons (Fsp3) is 0.533. The minimum atomic E-state index is -3.53. The highest BCUT2D eigenvalue weighted by atomic mass is 32.2. The van der Waals surface area contributed by atoms with E-state index in [2.05, 4.69) is 12.2 Å². The summed E-state index contributed by atoms with van der Waals surface area (Å²) in [5, 5.41) is 2.69. The highest BCUT2D eigenvalue weighted by Gasteiger charge is 2.31. The molecule has 120 valence electrons. The van der Waals surface area contributed by atoms with E-state index in [9.17, 15) is 13.2 Å². The van der Waals surface area contributed by atoms with Gasteiger partial charge in [-0.3, -0.25) is 4.79 Å². The average Bonchev–Trinajstić information content (AvgIpc) is 2.46. The molecular weight excluding hydrogens is 304 g/mol. The van der Waals surface area contributed by atoms with E-state index in [0.29, 0.717) is 36.0 Å². The van der Waals surface area contributed by atoms with Crippen LogP contribution in [0, 0.1) is 12.8 Å². The van der Waals surface area contributed by atoms with E-state index >= 15 is 0 Å². The Morgan fingerprint density at radius 2 is 2.14 bits per heavy atom. The third kappa shape index (κ3) is 2.70. The van der Waals surface area contributed by atoms with Crippen molar-refractivity contribution < 1.29 is 17.9 Å². The van der Waals surface area contributed by atoms with Gasteiger partial charge in [0, 0.05) is 19.2 Å². The van der Waals surface area contributed by atoms with Crippen LogP contribution < -0.4 is 10.1 Å². The summed E-state index contributed by atoms with van der Waals surface area (Å²) in [6, 6.07) is 3.19. The summed E-state index contributed by atoms with van der Waals surface area (Å²) in [6.45, 7) is 4.83. The van der Waals surface area contributed by atoms with Crippen molar-refractivity contribution in [1.82, 2.24) is 4.31 Å². The molecule has 0 aromatic heterocycles. The Balaban J connectivity index is 1.98. The first kappa shape index (κ1) is 15.3. The van der Waals surface area contributed by atoms with Crippen molar-refractivity contribution in [2.75, 3.05) is 25.0 Å². The van der Waals surface area contributed by atoms with Crippen molar-refractivity contribution >= 4 is 21.6 Å². The van der Waals surface area contributed by atoms with Gasteiger partial charge in [-0.2, -0.15) is 4.31 Å². The molecule has 2 aliphatic heterocycles. The van der Waals surface area contributed by atoms with Crippen molar-refractivity contribution in [2.24, 2.45) is 5.92 Å². The van der Waals surface area contributed by atoms with Gasteiger partial charge in [0.15, 0.2) is 6.61 Å². The third-order valence-electron chi connectivity index (χ3n) is 4.15. The van der Waals surface area contributed by atoms with E-state index in [-0.39, 0.29) is 17.4 Å². The highest BCUT2D eigenvalue weighted by molar-refractivity contribution is 7.89. The van der Waals surface area contributed by atoms with Crippen LogP contribution in [-0.4, -0.2) is 38.3 Å². The normalized spacial score (nSPS) is 22.6. The molecule has 0 radical (unpaired) electrons. The number of carbonyl (C=O) groups is 1. The van der Waals surface area contributed by atoms with Gasteiger partial charge in [-0.25, -0.2) is 8.42 Å². The molecule has 1 fully saturated rings. The van der Waals surface area contributed by atoms with E-state index in [0.717, 1.165) is 12.8 Å². The first-order valence-corrected chi connectivity index (χ1v) is 8.89. The lowest BCUT2D eigenvalue weighted by Crippen LogP contribution is -2.39. The molecule has 1 atom stereocenters.